The minimum atomic E-state index is -0.401. The lowest BCUT2D eigenvalue weighted by Gasteiger charge is -1.99. The van der Waals surface area contributed by atoms with Crippen molar-refractivity contribution in [3.8, 4) is 0 Å². The van der Waals surface area contributed by atoms with Crippen molar-refractivity contribution in [3.63, 3.8) is 0 Å². The van der Waals surface area contributed by atoms with Crippen LogP contribution >= 0.6 is 0 Å². The summed E-state index contributed by atoms with van der Waals surface area (Å²) in [6, 6.07) is 20.8. The second-order valence-electron chi connectivity index (χ2n) is 5.00. The molecule has 0 bridgehead atoms. The monoisotopic (exact) mass is 290 g/mol. The fraction of sp³-hybridized carbons (Fsp3) is 0.0556. The standard InChI is InChI=1S/C18H14N2O2/c21-20(22)18-9-6-14(7-10-18)12-19-13-15-5-8-16-3-1-2-4-17(16)11-15/h1-11,13H,12H2. The van der Waals surface area contributed by atoms with Crippen molar-refractivity contribution in [2.45, 2.75) is 6.54 Å². The molecule has 0 radical (unpaired) electrons. The van der Waals surface area contributed by atoms with E-state index in [9.17, 15) is 10.1 Å². The highest BCUT2D eigenvalue weighted by atomic mass is 16.6. The molecule has 3 aromatic rings. The largest absolute Gasteiger partial charge is 0.288 e. The van der Waals surface area contributed by atoms with Gasteiger partial charge in [0.15, 0.2) is 0 Å². The van der Waals surface area contributed by atoms with Crippen LogP contribution in [0.4, 0.5) is 5.69 Å². The van der Waals surface area contributed by atoms with Crippen LogP contribution in [-0.4, -0.2) is 11.1 Å². The molecule has 4 heteroatoms. The van der Waals surface area contributed by atoms with Gasteiger partial charge in [0, 0.05) is 18.3 Å². The van der Waals surface area contributed by atoms with Crippen molar-refractivity contribution in [2.75, 3.05) is 0 Å². The predicted octanol–water partition coefficient (Wildman–Crippen LogP) is 4.37. The van der Waals surface area contributed by atoms with E-state index < -0.39 is 4.92 Å². The Balaban J connectivity index is 1.71. The number of nitrogens with zero attached hydrogens (tertiary/aromatic N) is 2. The highest BCUT2D eigenvalue weighted by Crippen LogP contribution is 2.15. The first-order chi connectivity index (χ1) is 10.7. The van der Waals surface area contributed by atoms with E-state index in [4.69, 9.17) is 0 Å². The average molecular weight is 290 g/mol. The van der Waals surface area contributed by atoms with Gasteiger partial charge in [0.2, 0.25) is 0 Å². The molecule has 0 saturated carbocycles. The maximum Gasteiger partial charge on any atom is 0.269 e. The van der Waals surface area contributed by atoms with Gasteiger partial charge in [-0.05, 0) is 28.0 Å². The third kappa shape index (κ3) is 3.17. The zero-order valence-electron chi connectivity index (χ0n) is 11.8. The average Bonchev–Trinajstić information content (AvgIpc) is 2.55. The summed E-state index contributed by atoms with van der Waals surface area (Å²) in [5, 5.41) is 13.0. The smallest absolute Gasteiger partial charge is 0.269 e. The van der Waals surface area contributed by atoms with Gasteiger partial charge in [-0.3, -0.25) is 15.1 Å². The maximum absolute atomic E-state index is 10.6. The first-order valence-corrected chi connectivity index (χ1v) is 6.94. The second-order valence-corrected chi connectivity index (χ2v) is 5.00. The topological polar surface area (TPSA) is 55.5 Å². The van der Waals surface area contributed by atoms with E-state index in [0.29, 0.717) is 6.54 Å². The van der Waals surface area contributed by atoms with Crippen LogP contribution in [0.3, 0.4) is 0 Å². The molecular formula is C18H14N2O2. The number of fused-ring (bicyclic) bond motifs is 1. The van der Waals surface area contributed by atoms with Gasteiger partial charge in [-0.1, -0.05) is 48.5 Å². The zero-order valence-corrected chi connectivity index (χ0v) is 11.8. The Hall–Kier alpha value is -3.01. The molecule has 0 aromatic heterocycles. The lowest BCUT2D eigenvalue weighted by Crippen LogP contribution is -1.89. The zero-order chi connectivity index (χ0) is 15.4. The Kier molecular flexibility index (Phi) is 3.92. The molecule has 3 aromatic carbocycles. The summed E-state index contributed by atoms with van der Waals surface area (Å²) in [4.78, 5) is 14.6. The third-order valence-electron chi connectivity index (χ3n) is 3.43. The molecule has 108 valence electrons. The van der Waals surface area contributed by atoms with Gasteiger partial charge in [-0.2, -0.15) is 0 Å². The van der Waals surface area contributed by atoms with Gasteiger partial charge < -0.3 is 0 Å². The number of aliphatic imine (C=N–C) groups is 1. The van der Waals surface area contributed by atoms with E-state index in [2.05, 4.69) is 29.3 Å². The lowest BCUT2D eigenvalue weighted by atomic mass is 10.1. The first-order valence-electron chi connectivity index (χ1n) is 6.94. The number of non-ortho nitro benzene ring substituents is 1. The van der Waals surface area contributed by atoms with E-state index in [0.717, 1.165) is 11.1 Å². The van der Waals surface area contributed by atoms with Crippen molar-refractivity contribution in [3.05, 3.63) is 88.0 Å². The molecule has 0 unspecified atom stereocenters. The Morgan fingerprint density at radius 3 is 2.41 bits per heavy atom. The van der Waals surface area contributed by atoms with Crippen molar-refractivity contribution < 1.29 is 4.92 Å². The summed E-state index contributed by atoms with van der Waals surface area (Å²) < 4.78 is 0. The molecule has 0 N–H and O–H groups in total. The first kappa shape index (κ1) is 13.9. The molecule has 22 heavy (non-hydrogen) atoms. The molecule has 0 heterocycles. The molecule has 3 rings (SSSR count). The molecule has 0 amide bonds. The van der Waals surface area contributed by atoms with E-state index in [-0.39, 0.29) is 5.69 Å². The van der Waals surface area contributed by atoms with Gasteiger partial charge in [0.05, 0.1) is 11.5 Å². The van der Waals surface area contributed by atoms with Gasteiger partial charge >= 0.3 is 0 Å². The summed E-state index contributed by atoms with van der Waals surface area (Å²) in [6.07, 6.45) is 1.83. The molecule has 0 fully saturated rings. The third-order valence-corrected chi connectivity index (χ3v) is 3.43. The molecule has 0 saturated heterocycles. The summed E-state index contributed by atoms with van der Waals surface area (Å²) in [7, 11) is 0. The minimum absolute atomic E-state index is 0.0993. The normalized spacial score (nSPS) is 11.1. The van der Waals surface area contributed by atoms with Crippen molar-refractivity contribution in [1.29, 1.82) is 0 Å². The number of rotatable bonds is 4. The van der Waals surface area contributed by atoms with Crippen LogP contribution in [0.15, 0.2) is 71.7 Å². The molecule has 4 nitrogen and oxygen atoms in total. The van der Waals surface area contributed by atoms with Gasteiger partial charge in [-0.25, -0.2) is 0 Å². The van der Waals surface area contributed by atoms with Crippen LogP contribution in [0.2, 0.25) is 0 Å². The van der Waals surface area contributed by atoms with E-state index in [1.54, 1.807) is 12.1 Å². The summed E-state index contributed by atoms with van der Waals surface area (Å²) in [6.45, 7) is 0.505. The molecular weight excluding hydrogens is 276 g/mol. The van der Waals surface area contributed by atoms with Crippen LogP contribution in [0.25, 0.3) is 10.8 Å². The summed E-state index contributed by atoms with van der Waals surface area (Å²) >= 11 is 0. The highest BCUT2D eigenvalue weighted by molar-refractivity contribution is 5.90. The van der Waals surface area contributed by atoms with Gasteiger partial charge in [0.1, 0.15) is 0 Å². The number of benzene rings is 3. The summed E-state index contributed by atoms with van der Waals surface area (Å²) in [5.41, 5.74) is 2.09. The lowest BCUT2D eigenvalue weighted by molar-refractivity contribution is -0.384. The molecule has 0 aliphatic heterocycles. The number of nitro benzene ring substituents is 1. The second kappa shape index (κ2) is 6.18. The van der Waals surface area contributed by atoms with Crippen molar-refractivity contribution in [1.82, 2.24) is 0 Å². The van der Waals surface area contributed by atoms with Crippen LogP contribution in [0.5, 0.6) is 0 Å². The summed E-state index contributed by atoms with van der Waals surface area (Å²) in [5.74, 6) is 0. The van der Waals surface area contributed by atoms with E-state index >= 15 is 0 Å². The fourth-order valence-electron chi connectivity index (χ4n) is 2.27. The van der Waals surface area contributed by atoms with E-state index in [1.165, 1.54) is 22.9 Å². The van der Waals surface area contributed by atoms with Crippen LogP contribution in [-0.2, 0) is 6.54 Å². The molecule has 0 aliphatic carbocycles. The number of nitro groups is 1. The Morgan fingerprint density at radius 1 is 0.955 bits per heavy atom. The van der Waals surface area contributed by atoms with E-state index in [1.807, 2.05) is 24.4 Å². The number of hydrogen-bond acceptors (Lipinski definition) is 3. The molecule has 0 aliphatic rings. The Bertz CT molecular complexity index is 839. The van der Waals surface area contributed by atoms with Crippen molar-refractivity contribution in [2.24, 2.45) is 4.99 Å². The maximum atomic E-state index is 10.6. The van der Waals surface area contributed by atoms with Crippen LogP contribution in [0.1, 0.15) is 11.1 Å². The van der Waals surface area contributed by atoms with Crippen molar-refractivity contribution >= 4 is 22.7 Å². The predicted molar refractivity (Wildman–Crippen MR) is 88.3 cm³/mol. The number of hydrogen-bond donors (Lipinski definition) is 0. The van der Waals surface area contributed by atoms with Gasteiger partial charge in [0.25, 0.3) is 5.69 Å². The van der Waals surface area contributed by atoms with Gasteiger partial charge in [-0.15, -0.1) is 0 Å². The fourth-order valence-corrected chi connectivity index (χ4v) is 2.27. The quantitative estimate of drug-likeness (QED) is 0.407. The van der Waals surface area contributed by atoms with Crippen LogP contribution in [0, 0.1) is 10.1 Å². The Labute approximate surface area is 127 Å². The minimum Gasteiger partial charge on any atom is -0.288 e. The molecule has 0 atom stereocenters. The SMILES string of the molecule is O=[N+]([O-])c1ccc(CN=Cc2ccc3ccccc3c2)cc1. The molecule has 0 spiro atoms. The highest BCUT2D eigenvalue weighted by Gasteiger charge is 2.02. The van der Waals surface area contributed by atoms with Crippen LogP contribution < -0.4 is 0 Å². The Morgan fingerprint density at radius 2 is 1.68 bits per heavy atom.